The van der Waals surface area contributed by atoms with E-state index in [0.717, 1.165) is 34.8 Å². The highest BCUT2D eigenvalue weighted by Gasteiger charge is 2.12. The van der Waals surface area contributed by atoms with E-state index in [-0.39, 0.29) is 11.3 Å². The number of carbonyl (C=O) groups excluding carboxylic acids is 1. The minimum Gasteiger partial charge on any atom is -0.507 e. The van der Waals surface area contributed by atoms with Crippen LogP contribution in [-0.4, -0.2) is 10.9 Å². The number of anilines is 3. The van der Waals surface area contributed by atoms with E-state index in [1.165, 1.54) is 23.3 Å². The quantitative estimate of drug-likeness (QED) is 0.251. The Labute approximate surface area is 193 Å². The Morgan fingerprint density at radius 3 is 1.73 bits per heavy atom. The Morgan fingerprint density at radius 2 is 1.24 bits per heavy atom. The molecule has 33 heavy (non-hydrogen) atoms. The number of nitrogens with zero attached hydrogens (tertiary/aromatic N) is 1. The van der Waals surface area contributed by atoms with Gasteiger partial charge in [0.05, 0.1) is 5.56 Å². The highest BCUT2D eigenvalue weighted by Crippen LogP contribution is 2.34. The number of hydrogen-bond acceptors (Lipinski definition) is 3. The van der Waals surface area contributed by atoms with E-state index >= 15 is 0 Å². The number of aryl methyl sites for hydroxylation is 2. The van der Waals surface area contributed by atoms with Crippen LogP contribution in [0.3, 0.4) is 0 Å². The average Bonchev–Trinajstić information content (AvgIpc) is 2.81. The molecule has 0 amide bonds. The largest absolute Gasteiger partial charge is 0.507 e. The molecule has 0 fully saturated rings. The third-order valence-electron chi connectivity index (χ3n) is 5.39. The van der Waals surface area contributed by atoms with Crippen molar-refractivity contribution in [2.75, 3.05) is 4.90 Å². The van der Waals surface area contributed by atoms with Crippen LogP contribution in [-0.2, 0) is 0 Å². The van der Waals surface area contributed by atoms with Crippen molar-refractivity contribution in [3.8, 4) is 5.75 Å². The molecule has 4 aromatic carbocycles. The smallest absolute Gasteiger partial charge is 0.189 e. The third kappa shape index (κ3) is 5.18. The van der Waals surface area contributed by atoms with Gasteiger partial charge in [0, 0.05) is 23.1 Å². The van der Waals surface area contributed by atoms with E-state index in [4.69, 9.17) is 0 Å². The molecule has 4 rings (SSSR count). The maximum absolute atomic E-state index is 13.2. The summed E-state index contributed by atoms with van der Waals surface area (Å²) in [6.45, 7) is 4.13. The first-order valence-electron chi connectivity index (χ1n) is 10.7. The van der Waals surface area contributed by atoms with Crippen molar-refractivity contribution < 1.29 is 14.3 Å². The van der Waals surface area contributed by atoms with Crippen LogP contribution in [0.1, 0.15) is 27.0 Å². The van der Waals surface area contributed by atoms with Gasteiger partial charge in [0.2, 0.25) is 0 Å². The summed E-state index contributed by atoms with van der Waals surface area (Å²) in [6.07, 6.45) is 3.05. The fourth-order valence-corrected chi connectivity index (χ4v) is 3.54. The number of benzene rings is 4. The monoisotopic (exact) mass is 437 g/mol. The molecule has 4 heteroatoms. The lowest BCUT2D eigenvalue weighted by Gasteiger charge is -2.25. The summed E-state index contributed by atoms with van der Waals surface area (Å²) in [5.41, 5.74) is 6.38. The van der Waals surface area contributed by atoms with E-state index in [9.17, 15) is 14.3 Å². The van der Waals surface area contributed by atoms with Gasteiger partial charge in [-0.3, -0.25) is 4.79 Å². The van der Waals surface area contributed by atoms with Gasteiger partial charge in [-0.1, -0.05) is 53.6 Å². The Morgan fingerprint density at radius 1 is 0.758 bits per heavy atom. The Balaban J connectivity index is 1.61. The molecule has 0 aliphatic rings. The highest BCUT2D eigenvalue weighted by atomic mass is 19.1. The van der Waals surface area contributed by atoms with Crippen molar-refractivity contribution in [3.63, 3.8) is 0 Å². The van der Waals surface area contributed by atoms with Crippen molar-refractivity contribution in [2.45, 2.75) is 13.8 Å². The van der Waals surface area contributed by atoms with Crippen LogP contribution >= 0.6 is 0 Å². The summed E-state index contributed by atoms with van der Waals surface area (Å²) < 4.78 is 13.2. The molecule has 0 aliphatic heterocycles. The predicted octanol–water partition coefficient (Wildman–Crippen LogP) is 7.51. The van der Waals surface area contributed by atoms with E-state index in [2.05, 4.69) is 67.3 Å². The normalized spacial score (nSPS) is 11.0. The third-order valence-corrected chi connectivity index (χ3v) is 5.39. The number of rotatable bonds is 6. The summed E-state index contributed by atoms with van der Waals surface area (Å²) >= 11 is 0. The molecule has 0 aromatic heterocycles. The molecular weight excluding hydrogens is 413 g/mol. The molecular formula is C29H24FNO2. The maximum atomic E-state index is 13.2. The number of halogens is 1. The van der Waals surface area contributed by atoms with Crippen LogP contribution < -0.4 is 4.90 Å². The summed E-state index contributed by atoms with van der Waals surface area (Å²) in [5, 5.41) is 9.81. The van der Waals surface area contributed by atoms with E-state index in [1.807, 2.05) is 24.3 Å². The molecule has 0 spiro atoms. The number of allylic oxidation sites excluding steroid dienone is 1. The predicted molar refractivity (Wildman–Crippen MR) is 132 cm³/mol. The fourth-order valence-electron chi connectivity index (χ4n) is 3.54. The molecule has 0 unspecified atom stereocenters. The zero-order valence-corrected chi connectivity index (χ0v) is 18.5. The SMILES string of the molecule is Cc1ccc(N(c2ccc(C)cc2)c2ccc(/C=C/C(=O)c3ccc(F)cc3O)cc2)cc1. The molecule has 1 N–H and O–H groups in total. The van der Waals surface area contributed by atoms with Crippen molar-refractivity contribution in [2.24, 2.45) is 0 Å². The number of aromatic hydroxyl groups is 1. The van der Waals surface area contributed by atoms with Gasteiger partial charge >= 0.3 is 0 Å². The molecule has 0 aliphatic carbocycles. The summed E-state index contributed by atoms with van der Waals surface area (Å²) in [7, 11) is 0. The Bertz CT molecular complexity index is 1250. The first-order valence-corrected chi connectivity index (χ1v) is 10.7. The average molecular weight is 438 g/mol. The van der Waals surface area contributed by atoms with Crippen LogP contribution in [0.4, 0.5) is 21.5 Å². The number of phenols is 1. The lowest BCUT2D eigenvalue weighted by molar-refractivity contribution is 0.104. The Kier molecular flexibility index (Phi) is 6.36. The lowest BCUT2D eigenvalue weighted by Crippen LogP contribution is -2.09. The standard InChI is InChI=1S/C29H24FNO2/c1-20-3-11-24(12-4-20)31(25-13-5-21(2)6-14-25)26-15-7-22(8-16-26)9-18-28(32)27-17-10-23(30)19-29(27)33/h3-19,33H,1-2H3/b18-9+. The second-order valence-corrected chi connectivity index (χ2v) is 7.96. The van der Waals surface area contributed by atoms with Crippen LogP contribution in [0.25, 0.3) is 6.08 Å². The fraction of sp³-hybridized carbons (Fsp3) is 0.0690. The van der Waals surface area contributed by atoms with Crippen LogP contribution in [0.5, 0.6) is 5.75 Å². The van der Waals surface area contributed by atoms with Gasteiger partial charge in [0.15, 0.2) is 5.78 Å². The van der Waals surface area contributed by atoms with Crippen LogP contribution in [0, 0.1) is 19.7 Å². The van der Waals surface area contributed by atoms with Crippen LogP contribution in [0.2, 0.25) is 0 Å². The summed E-state index contributed by atoms with van der Waals surface area (Å²) in [4.78, 5) is 14.5. The number of hydrogen-bond donors (Lipinski definition) is 1. The van der Waals surface area contributed by atoms with Gasteiger partial charge in [0.1, 0.15) is 11.6 Å². The van der Waals surface area contributed by atoms with Crippen LogP contribution in [0.15, 0.2) is 97.1 Å². The number of ketones is 1. The van der Waals surface area contributed by atoms with Crippen molar-refractivity contribution in [1.82, 2.24) is 0 Å². The molecule has 0 radical (unpaired) electrons. The minimum absolute atomic E-state index is 0.0641. The number of carbonyl (C=O) groups is 1. The molecule has 164 valence electrons. The molecule has 0 heterocycles. The second-order valence-electron chi connectivity index (χ2n) is 7.96. The number of phenolic OH excluding ortho intramolecular Hbond substituents is 1. The first-order chi connectivity index (χ1) is 15.9. The molecule has 0 bridgehead atoms. The molecule has 3 nitrogen and oxygen atoms in total. The van der Waals surface area contributed by atoms with Gasteiger partial charge in [-0.25, -0.2) is 4.39 Å². The minimum atomic E-state index is -0.588. The van der Waals surface area contributed by atoms with Gasteiger partial charge in [0.25, 0.3) is 0 Å². The maximum Gasteiger partial charge on any atom is 0.189 e. The van der Waals surface area contributed by atoms with Crippen molar-refractivity contribution in [1.29, 1.82) is 0 Å². The molecule has 0 saturated heterocycles. The van der Waals surface area contributed by atoms with E-state index in [1.54, 1.807) is 6.08 Å². The van der Waals surface area contributed by atoms with E-state index in [0.29, 0.717) is 0 Å². The topological polar surface area (TPSA) is 40.5 Å². The Hall–Kier alpha value is -4.18. The van der Waals surface area contributed by atoms with Crippen molar-refractivity contribution >= 4 is 28.9 Å². The van der Waals surface area contributed by atoms with Gasteiger partial charge in [-0.05, 0) is 74.0 Å². The highest BCUT2D eigenvalue weighted by molar-refractivity contribution is 6.08. The molecule has 0 atom stereocenters. The van der Waals surface area contributed by atoms with Gasteiger partial charge in [-0.15, -0.1) is 0 Å². The first kappa shape index (κ1) is 22.0. The van der Waals surface area contributed by atoms with Crippen molar-refractivity contribution in [3.05, 3.63) is 125 Å². The van der Waals surface area contributed by atoms with E-state index < -0.39 is 11.6 Å². The summed E-state index contributed by atoms with van der Waals surface area (Å²) in [5.74, 6) is -1.35. The zero-order chi connectivity index (χ0) is 23.4. The lowest BCUT2D eigenvalue weighted by atomic mass is 10.1. The van der Waals surface area contributed by atoms with Gasteiger partial charge < -0.3 is 10.0 Å². The second kappa shape index (κ2) is 9.53. The summed E-state index contributed by atoms with van der Waals surface area (Å²) in [6, 6.07) is 27.9. The zero-order valence-electron chi connectivity index (χ0n) is 18.5. The molecule has 4 aromatic rings. The molecule has 0 saturated carbocycles. The van der Waals surface area contributed by atoms with Gasteiger partial charge in [-0.2, -0.15) is 0 Å².